The van der Waals surface area contributed by atoms with Crippen molar-refractivity contribution in [1.82, 2.24) is 29.9 Å². The van der Waals surface area contributed by atoms with Crippen LogP contribution in [0.3, 0.4) is 0 Å². The van der Waals surface area contributed by atoms with Gasteiger partial charge in [-0.15, -0.1) is 5.10 Å². The van der Waals surface area contributed by atoms with Gasteiger partial charge in [0, 0.05) is 19.3 Å². The third-order valence-electron chi connectivity index (χ3n) is 7.68. The highest BCUT2D eigenvalue weighted by Gasteiger charge is 2.61. The van der Waals surface area contributed by atoms with Crippen molar-refractivity contribution in [2.45, 2.75) is 71.4 Å². The maximum absolute atomic E-state index is 13.8. The van der Waals surface area contributed by atoms with Crippen LogP contribution in [0.25, 0.3) is 0 Å². The Bertz CT molecular complexity index is 1060. The SMILES string of the molecule is CCn1cc(NC(=O)C23CC4CC(C2)CC(n2cnc(Br)n2)(C4)C3)c(C(=O)NCC(C)C)n1. The van der Waals surface area contributed by atoms with Gasteiger partial charge in [-0.3, -0.25) is 14.3 Å². The van der Waals surface area contributed by atoms with Gasteiger partial charge in [-0.1, -0.05) is 13.8 Å². The third-order valence-corrected chi connectivity index (χ3v) is 8.04. The number of hydrogen-bond donors (Lipinski definition) is 2. The first-order valence-corrected chi connectivity index (χ1v) is 12.8. The number of hydrogen-bond acceptors (Lipinski definition) is 5. The van der Waals surface area contributed by atoms with Gasteiger partial charge in [-0.25, -0.2) is 9.67 Å². The van der Waals surface area contributed by atoms with Gasteiger partial charge in [0.05, 0.1) is 16.6 Å². The van der Waals surface area contributed by atoms with E-state index in [1.54, 1.807) is 17.2 Å². The number of anilines is 1. The van der Waals surface area contributed by atoms with Crippen LogP contribution in [0.2, 0.25) is 0 Å². The second-order valence-corrected chi connectivity index (χ2v) is 11.4. The number of nitrogens with one attached hydrogen (secondary N) is 2. The molecule has 4 aliphatic rings. The molecule has 2 aromatic heterocycles. The molecule has 4 aliphatic carbocycles. The number of nitrogens with zero attached hydrogens (tertiary/aromatic N) is 5. The molecule has 10 heteroatoms. The molecular weight excluding hydrogens is 486 g/mol. The van der Waals surface area contributed by atoms with Gasteiger partial charge in [-0.2, -0.15) is 5.10 Å². The number of aryl methyl sites for hydroxylation is 1. The first-order valence-electron chi connectivity index (χ1n) is 12.0. The van der Waals surface area contributed by atoms with Gasteiger partial charge < -0.3 is 10.6 Å². The number of carbonyl (C=O) groups is 2. The molecular formula is C23H32BrN7O2. The van der Waals surface area contributed by atoms with Gasteiger partial charge in [0.25, 0.3) is 5.91 Å². The van der Waals surface area contributed by atoms with Crippen LogP contribution in [0, 0.1) is 23.2 Å². The largest absolute Gasteiger partial charge is 0.350 e. The molecule has 4 fully saturated rings. The van der Waals surface area contributed by atoms with E-state index in [-0.39, 0.29) is 23.0 Å². The van der Waals surface area contributed by atoms with Gasteiger partial charge in [0.2, 0.25) is 10.6 Å². The van der Waals surface area contributed by atoms with E-state index in [9.17, 15) is 9.59 Å². The number of carbonyl (C=O) groups excluding carboxylic acids is 2. The van der Waals surface area contributed by atoms with Gasteiger partial charge in [-0.05, 0) is 79.1 Å². The second kappa shape index (κ2) is 8.21. The van der Waals surface area contributed by atoms with Crippen LogP contribution in [-0.2, 0) is 16.9 Å². The fourth-order valence-electron chi connectivity index (χ4n) is 6.70. The van der Waals surface area contributed by atoms with E-state index < -0.39 is 5.41 Å². The molecule has 9 nitrogen and oxygen atoms in total. The van der Waals surface area contributed by atoms with Crippen molar-refractivity contribution < 1.29 is 9.59 Å². The van der Waals surface area contributed by atoms with Crippen molar-refractivity contribution in [3.8, 4) is 0 Å². The molecule has 4 bridgehead atoms. The number of amides is 2. The highest BCUT2D eigenvalue weighted by Crippen LogP contribution is 2.64. The first-order chi connectivity index (χ1) is 15.7. The summed E-state index contributed by atoms with van der Waals surface area (Å²) < 4.78 is 4.28. The van der Waals surface area contributed by atoms with Crippen LogP contribution in [0.5, 0.6) is 0 Å². The summed E-state index contributed by atoms with van der Waals surface area (Å²) in [4.78, 5) is 30.9. The minimum atomic E-state index is -0.456. The average molecular weight is 518 g/mol. The smallest absolute Gasteiger partial charge is 0.273 e. The third kappa shape index (κ3) is 4.00. The molecule has 0 aromatic carbocycles. The van der Waals surface area contributed by atoms with E-state index in [1.807, 2.05) is 25.5 Å². The Labute approximate surface area is 202 Å². The molecule has 2 amide bonds. The van der Waals surface area contributed by atoms with Crippen molar-refractivity contribution in [3.63, 3.8) is 0 Å². The lowest BCUT2D eigenvalue weighted by atomic mass is 9.46. The zero-order chi connectivity index (χ0) is 23.4. The van der Waals surface area contributed by atoms with Crippen molar-refractivity contribution in [3.05, 3.63) is 23.0 Å². The summed E-state index contributed by atoms with van der Waals surface area (Å²) in [7, 11) is 0. The van der Waals surface area contributed by atoms with E-state index in [0.29, 0.717) is 41.3 Å². The van der Waals surface area contributed by atoms with Gasteiger partial charge in [0.1, 0.15) is 6.33 Å². The standard InChI is InChI=1S/C23H32BrN7O2/c1-4-30-11-17(18(28-30)19(32)25-10-14(2)3)27-20(33)22-6-15-5-16(7-22)9-23(8-15,12-22)31-13-26-21(24)29-31/h11,13-16H,4-10,12H2,1-3H3,(H,25,32)(H,27,33). The van der Waals surface area contributed by atoms with Crippen LogP contribution < -0.4 is 10.6 Å². The zero-order valence-corrected chi connectivity index (χ0v) is 21.1. The van der Waals surface area contributed by atoms with Crippen LogP contribution >= 0.6 is 15.9 Å². The second-order valence-electron chi connectivity index (χ2n) is 10.7. The molecule has 2 heterocycles. The lowest BCUT2D eigenvalue weighted by Crippen LogP contribution is -2.60. The Balaban J connectivity index is 1.41. The molecule has 0 radical (unpaired) electrons. The van der Waals surface area contributed by atoms with Crippen LogP contribution in [0.1, 0.15) is 69.8 Å². The lowest BCUT2D eigenvalue weighted by Gasteiger charge is -2.60. The fraction of sp³-hybridized carbons (Fsp3) is 0.696. The molecule has 2 unspecified atom stereocenters. The van der Waals surface area contributed by atoms with E-state index >= 15 is 0 Å². The summed E-state index contributed by atoms with van der Waals surface area (Å²) in [6, 6.07) is 0. The Kier molecular flexibility index (Phi) is 5.61. The zero-order valence-electron chi connectivity index (χ0n) is 19.5. The van der Waals surface area contributed by atoms with Gasteiger partial charge >= 0.3 is 0 Å². The fourth-order valence-corrected chi connectivity index (χ4v) is 6.96. The molecule has 0 aliphatic heterocycles. The summed E-state index contributed by atoms with van der Waals surface area (Å²) in [5, 5.41) is 15.1. The Morgan fingerprint density at radius 1 is 1.21 bits per heavy atom. The van der Waals surface area contributed by atoms with Gasteiger partial charge in [0.15, 0.2) is 5.69 Å². The van der Waals surface area contributed by atoms with Crippen LogP contribution in [-0.4, -0.2) is 42.9 Å². The van der Waals surface area contributed by atoms with E-state index in [4.69, 9.17) is 0 Å². The Hall–Kier alpha value is -2.23. The van der Waals surface area contributed by atoms with Crippen molar-refractivity contribution in [2.24, 2.45) is 23.2 Å². The minimum Gasteiger partial charge on any atom is -0.350 e. The number of halogens is 1. The number of aromatic nitrogens is 5. The summed E-state index contributed by atoms with van der Waals surface area (Å²) in [6.45, 7) is 7.25. The average Bonchev–Trinajstić information content (AvgIpc) is 3.37. The highest BCUT2D eigenvalue weighted by molar-refractivity contribution is 9.10. The number of rotatable bonds is 7. The molecule has 33 heavy (non-hydrogen) atoms. The predicted molar refractivity (Wildman–Crippen MR) is 127 cm³/mol. The maximum Gasteiger partial charge on any atom is 0.273 e. The monoisotopic (exact) mass is 517 g/mol. The van der Waals surface area contributed by atoms with E-state index in [1.165, 1.54) is 6.42 Å². The summed E-state index contributed by atoms with van der Waals surface area (Å²) in [5.74, 6) is 1.11. The van der Waals surface area contributed by atoms with Crippen LogP contribution in [0.15, 0.2) is 17.3 Å². The first kappa shape index (κ1) is 22.6. The minimum absolute atomic E-state index is 0.00807. The molecule has 2 atom stereocenters. The normalized spacial score (nSPS) is 30.1. The van der Waals surface area contributed by atoms with Crippen LogP contribution in [0.4, 0.5) is 5.69 Å². The quantitative estimate of drug-likeness (QED) is 0.583. The molecule has 4 saturated carbocycles. The summed E-state index contributed by atoms with van der Waals surface area (Å²) in [5.41, 5.74) is 0.162. The summed E-state index contributed by atoms with van der Waals surface area (Å²) >= 11 is 3.38. The Morgan fingerprint density at radius 3 is 2.55 bits per heavy atom. The lowest BCUT2D eigenvalue weighted by molar-refractivity contribution is -0.150. The maximum atomic E-state index is 13.8. The van der Waals surface area contributed by atoms with Crippen molar-refractivity contribution in [2.75, 3.05) is 11.9 Å². The van der Waals surface area contributed by atoms with E-state index in [2.05, 4.69) is 41.7 Å². The summed E-state index contributed by atoms with van der Waals surface area (Å²) in [6.07, 6.45) is 9.39. The molecule has 178 valence electrons. The highest BCUT2D eigenvalue weighted by atomic mass is 79.9. The van der Waals surface area contributed by atoms with E-state index in [0.717, 1.165) is 32.1 Å². The molecule has 2 N–H and O–H groups in total. The molecule has 0 saturated heterocycles. The topological polar surface area (TPSA) is 107 Å². The Morgan fingerprint density at radius 2 is 1.94 bits per heavy atom. The predicted octanol–water partition coefficient (Wildman–Crippen LogP) is 3.58. The molecule has 2 aromatic rings. The molecule has 0 spiro atoms. The van der Waals surface area contributed by atoms with Crippen molar-refractivity contribution >= 4 is 33.4 Å². The molecule has 6 rings (SSSR count). The van der Waals surface area contributed by atoms with Crippen molar-refractivity contribution in [1.29, 1.82) is 0 Å².